The molecule has 0 amide bonds. The van der Waals surface area contributed by atoms with Crippen LogP contribution < -0.4 is 5.11 Å². The molecule has 55 heavy (non-hydrogen) atoms. The zero-order chi connectivity index (χ0) is 40.7. The van der Waals surface area contributed by atoms with Crippen LogP contribution in [0.15, 0.2) is 48.6 Å². The highest BCUT2D eigenvalue weighted by molar-refractivity contribution is 5.70. The minimum atomic E-state index is -1.13. The van der Waals surface area contributed by atoms with E-state index in [1.165, 1.54) is 77.0 Å². The lowest BCUT2D eigenvalue weighted by Crippen LogP contribution is -2.55. The van der Waals surface area contributed by atoms with Crippen molar-refractivity contribution in [3.05, 3.63) is 48.6 Å². The van der Waals surface area contributed by atoms with Crippen molar-refractivity contribution in [1.29, 1.82) is 0 Å². The van der Waals surface area contributed by atoms with Crippen LogP contribution in [0.1, 0.15) is 181 Å². The summed E-state index contributed by atoms with van der Waals surface area (Å²) in [5.41, 5.74) is 0. The molecule has 0 saturated heterocycles. The van der Waals surface area contributed by atoms with Crippen molar-refractivity contribution in [2.75, 3.05) is 41.0 Å². The molecular formula is C47H83NO7. The van der Waals surface area contributed by atoms with Gasteiger partial charge in [-0.2, -0.15) is 0 Å². The number of carboxylic acid groups (broad SMARTS) is 1. The number of allylic oxidation sites excluding steroid dienone is 8. The van der Waals surface area contributed by atoms with E-state index in [1.807, 2.05) is 0 Å². The van der Waals surface area contributed by atoms with E-state index in [4.69, 9.17) is 14.2 Å². The SMILES string of the molecule is CC/C=C/C/C=C/C/C=C/CCCCCCC(=O)OC(COCCC(C(=O)[O-])[N+](C)(C)C)COC(=O)CCCCCCCCC/C=C/CCCCCCCC. The molecule has 0 rings (SSSR count). The number of hydrogen-bond acceptors (Lipinski definition) is 7. The van der Waals surface area contributed by atoms with Crippen LogP contribution in [0, 0.1) is 0 Å². The number of hydrogen-bond donors (Lipinski definition) is 0. The zero-order valence-corrected chi connectivity index (χ0v) is 36.1. The number of quaternary nitrogens is 1. The molecule has 0 heterocycles. The Labute approximate surface area is 337 Å². The lowest BCUT2D eigenvalue weighted by atomic mass is 10.1. The maximum atomic E-state index is 12.7. The van der Waals surface area contributed by atoms with Gasteiger partial charge in [0.2, 0.25) is 0 Å². The maximum absolute atomic E-state index is 12.7. The summed E-state index contributed by atoms with van der Waals surface area (Å²) in [5.74, 6) is -1.77. The molecule has 8 heteroatoms. The number of nitrogens with zero attached hydrogens (tertiary/aromatic N) is 1. The Kier molecular flexibility index (Phi) is 36.3. The largest absolute Gasteiger partial charge is 0.544 e. The van der Waals surface area contributed by atoms with Gasteiger partial charge in [0.05, 0.1) is 40.3 Å². The minimum Gasteiger partial charge on any atom is -0.544 e. The van der Waals surface area contributed by atoms with E-state index in [1.54, 1.807) is 21.1 Å². The molecule has 0 spiro atoms. The van der Waals surface area contributed by atoms with Gasteiger partial charge >= 0.3 is 11.9 Å². The van der Waals surface area contributed by atoms with Crippen molar-refractivity contribution in [3.63, 3.8) is 0 Å². The number of ether oxygens (including phenoxy) is 3. The number of aliphatic carboxylic acids is 1. The summed E-state index contributed by atoms with van der Waals surface area (Å²) >= 11 is 0. The number of carbonyl (C=O) groups excluding carboxylic acids is 3. The van der Waals surface area contributed by atoms with E-state index in [0.717, 1.165) is 70.6 Å². The molecule has 0 saturated carbocycles. The second kappa shape index (κ2) is 38.2. The Morgan fingerprint density at radius 2 is 1.02 bits per heavy atom. The fourth-order valence-electron chi connectivity index (χ4n) is 6.26. The van der Waals surface area contributed by atoms with Gasteiger partial charge in [-0.25, -0.2) is 0 Å². The molecule has 2 unspecified atom stereocenters. The van der Waals surface area contributed by atoms with Crippen molar-refractivity contribution in [1.82, 2.24) is 0 Å². The first-order valence-electron chi connectivity index (χ1n) is 22.2. The van der Waals surface area contributed by atoms with Crippen LogP contribution in [0.2, 0.25) is 0 Å². The number of rotatable bonds is 39. The molecule has 0 radical (unpaired) electrons. The smallest absolute Gasteiger partial charge is 0.306 e. The van der Waals surface area contributed by atoms with E-state index in [-0.39, 0.29) is 42.7 Å². The van der Waals surface area contributed by atoms with Crippen LogP contribution in [0.3, 0.4) is 0 Å². The van der Waals surface area contributed by atoms with Gasteiger partial charge < -0.3 is 28.6 Å². The number of likely N-dealkylation sites (N-methyl/N-ethyl adjacent to an activating group) is 1. The van der Waals surface area contributed by atoms with Crippen LogP contribution >= 0.6 is 0 Å². The van der Waals surface area contributed by atoms with Crippen LogP contribution in [-0.4, -0.2) is 75.5 Å². The molecule has 0 aromatic heterocycles. The van der Waals surface area contributed by atoms with Crippen molar-refractivity contribution in [3.8, 4) is 0 Å². The number of carbonyl (C=O) groups is 3. The van der Waals surface area contributed by atoms with Gasteiger partial charge in [-0.1, -0.05) is 140 Å². The van der Waals surface area contributed by atoms with Crippen molar-refractivity contribution >= 4 is 17.9 Å². The lowest BCUT2D eigenvalue weighted by molar-refractivity contribution is -0.889. The first-order chi connectivity index (χ1) is 26.6. The highest BCUT2D eigenvalue weighted by Gasteiger charge is 2.25. The van der Waals surface area contributed by atoms with Crippen molar-refractivity contribution in [2.24, 2.45) is 0 Å². The zero-order valence-electron chi connectivity index (χ0n) is 36.1. The van der Waals surface area contributed by atoms with Gasteiger partial charge in [0, 0.05) is 19.3 Å². The lowest BCUT2D eigenvalue weighted by Gasteiger charge is -2.34. The average molecular weight is 774 g/mol. The third-order valence-electron chi connectivity index (χ3n) is 9.70. The van der Waals surface area contributed by atoms with Gasteiger partial charge in [-0.05, 0) is 70.6 Å². The highest BCUT2D eigenvalue weighted by atomic mass is 16.6. The molecule has 2 atom stereocenters. The molecule has 0 aromatic rings. The first-order valence-corrected chi connectivity index (χ1v) is 22.2. The summed E-state index contributed by atoms with van der Waals surface area (Å²) in [5, 5.41) is 11.6. The fourth-order valence-corrected chi connectivity index (χ4v) is 6.26. The summed E-state index contributed by atoms with van der Waals surface area (Å²) < 4.78 is 17.1. The molecule has 0 aliphatic heterocycles. The fraction of sp³-hybridized carbons (Fsp3) is 0.766. The van der Waals surface area contributed by atoms with Gasteiger partial charge in [-0.15, -0.1) is 0 Å². The van der Waals surface area contributed by atoms with Gasteiger partial charge in [0.25, 0.3) is 0 Å². The standard InChI is InChI=1S/C47H83NO7/c1-6-8-10-12-14-16-18-20-22-23-24-26-27-29-31-33-35-37-45(49)54-42-43(41-53-40-39-44(47(51)52)48(3,4)5)55-46(50)38-36-34-32-30-28-25-21-19-17-15-13-11-9-7-2/h9,11,15,17,20-22,25,43-44H,6-8,10,12-14,16,18-19,23-24,26-42H2,1-5H3/b11-9+,17-15+,22-20+,25-21+. The van der Waals surface area contributed by atoms with E-state index < -0.39 is 18.1 Å². The van der Waals surface area contributed by atoms with E-state index in [9.17, 15) is 19.5 Å². The molecule has 0 N–H and O–H groups in total. The number of unbranched alkanes of at least 4 members (excludes halogenated alkanes) is 17. The van der Waals surface area contributed by atoms with Crippen molar-refractivity contribution in [2.45, 2.75) is 193 Å². The predicted molar refractivity (Wildman–Crippen MR) is 226 cm³/mol. The normalized spacial score (nSPS) is 13.4. The summed E-state index contributed by atoms with van der Waals surface area (Å²) in [4.78, 5) is 36.8. The Balaban J connectivity index is 4.36. The quantitative estimate of drug-likeness (QED) is 0.0265. The number of carboxylic acids is 1. The Morgan fingerprint density at radius 3 is 1.53 bits per heavy atom. The highest BCUT2D eigenvalue weighted by Crippen LogP contribution is 2.13. The molecule has 0 bridgehead atoms. The summed E-state index contributed by atoms with van der Waals surface area (Å²) in [6.07, 6.45) is 44.2. The van der Waals surface area contributed by atoms with E-state index in [0.29, 0.717) is 12.8 Å². The summed E-state index contributed by atoms with van der Waals surface area (Å²) in [6, 6.07) is -0.731. The molecule has 0 fully saturated rings. The van der Waals surface area contributed by atoms with E-state index >= 15 is 0 Å². The molecule has 318 valence electrons. The third kappa shape index (κ3) is 36.7. The van der Waals surface area contributed by atoms with Crippen LogP contribution in [0.5, 0.6) is 0 Å². The molecular weight excluding hydrogens is 691 g/mol. The van der Waals surface area contributed by atoms with Crippen LogP contribution in [-0.2, 0) is 28.6 Å². The number of esters is 2. The second-order valence-corrected chi connectivity index (χ2v) is 15.9. The molecule has 0 aromatic carbocycles. The van der Waals surface area contributed by atoms with Crippen molar-refractivity contribution < 1.29 is 38.2 Å². The van der Waals surface area contributed by atoms with E-state index in [2.05, 4.69) is 62.5 Å². The second-order valence-electron chi connectivity index (χ2n) is 15.9. The van der Waals surface area contributed by atoms with Gasteiger partial charge in [0.15, 0.2) is 6.10 Å². The Hall–Kier alpha value is -2.71. The van der Waals surface area contributed by atoms with Gasteiger partial charge in [0.1, 0.15) is 12.6 Å². The predicted octanol–water partition coefficient (Wildman–Crippen LogP) is 10.7. The summed E-state index contributed by atoms with van der Waals surface area (Å²) in [7, 11) is 5.39. The Bertz CT molecular complexity index is 1040. The molecule has 0 aliphatic rings. The maximum Gasteiger partial charge on any atom is 0.306 e. The first kappa shape index (κ1) is 52.3. The molecule has 8 nitrogen and oxygen atoms in total. The van der Waals surface area contributed by atoms with Gasteiger partial charge in [-0.3, -0.25) is 9.59 Å². The third-order valence-corrected chi connectivity index (χ3v) is 9.70. The summed E-state index contributed by atoms with van der Waals surface area (Å²) in [6.45, 7) is 4.51. The minimum absolute atomic E-state index is 0.0296. The van der Waals surface area contributed by atoms with Crippen LogP contribution in [0.4, 0.5) is 0 Å². The average Bonchev–Trinajstić information content (AvgIpc) is 3.14. The van der Waals surface area contributed by atoms with Crippen LogP contribution in [0.25, 0.3) is 0 Å². The topological polar surface area (TPSA) is 102 Å². The molecule has 0 aliphatic carbocycles. The monoisotopic (exact) mass is 774 g/mol. The Morgan fingerprint density at radius 1 is 0.564 bits per heavy atom.